The Hall–Kier alpha value is -8.58. The Morgan fingerprint density at radius 2 is 0.697 bits per heavy atom. The van der Waals surface area contributed by atoms with Crippen molar-refractivity contribution < 1.29 is 0 Å². The summed E-state index contributed by atoms with van der Waals surface area (Å²) in [5.41, 5.74) is 16.6. The van der Waals surface area contributed by atoms with E-state index in [4.69, 9.17) is 0 Å². The maximum atomic E-state index is 4.19. The molecular weight excluding hydrogens is 793 g/mol. The van der Waals surface area contributed by atoms with Crippen LogP contribution in [0.5, 0.6) is 0 Å². The van der Waals surface area contributed by atoms with E-state index in [-0.39, 0.29) is 0 Å². The smallest absolute Gasteiger partial charge is 0.00201 e. The van der Waals surface area contributed by atoms with Crippen LogP contribution in [0.2, 0.25) is 0 Å². The summed E-state index contributed by atoms with van der Waals surface area (Å²) in [5, 5.41) is 12.5. The Morgan fingerprint density at radius 1 is 0.303 bits per heavy atom. The minimum Gasteiger partial charge on any atom is -0.0990 e. The van der Waals surface area contributed by atoms with E-state index < -0.39 is 0 Å². The lowest BCUT2D eigenvalue weighted by Crippen LogP contribution is -1.94. The average molecular weight is 837 g/mol. The molecule has 12 rings (SSSR count). The Bertz CT molecular complexity index is 3760. The molecule has 0 aliphatic carbocycles. The molecule has 0 saturated carbocycles. The lowest BCUT2D eigenvalue weighted by atomic mass is 9.82. The van der Waals surface area contributed by atoms with E-state index in [0.717, 1.165) is 22.3 Å². The highest BCUT2D eigenvalue weighted by molar-refractivity contribution is 6.30. The van der Waals surface area contributed by atoms with Crippen molar-refractivity contribution in [3.8, 4) is 66.8 Å². The normalized spacial score (nSPS) is 11.8. The molecule has 0 amide bonds. The fourth-order valence-corrected chi connectivity index (χ4v) is 10.5. The predicted octanol–water partition coefficient (Wildman–Crippen LogP) is 18.6. The maximum Gasteiger partial charge on any atom is -0.00201 e. The maximum absolute atomic E-state index is 4.19. The van der Waals surface area contributed by atoms with Crippen molar-refractivity contribution in [2.45, 2.75) is 0 Å². The highest BCUT2D eigenvalue weighted by atomic mass is 14.2. The Morgan fingerprint density at radius 3 is 1.20 bits per heavy atom. The molecule has 0 bridgehead atoms. The predicted molar refractivity (Wildman–Crippen MR) is 286 cm³/mol. The van der Waals surface area contributed by atoms with Crippen molar-refractivity contribution in [3.63, 3.8) is 0 Å². The second-order valence-electron chi connectivity index (χ2n) is 17.2. The first-order valence-electron chi connectivity index (χ1n) is 22.7. The lowest BCUT2D eigenvalue weighted by Gasteiger charge is -2.21. The summed E-state index contributed by atoms with van der Waals surface area (Å²) in [6.45, 7) is 8.22. The van der Waals surface area contributed by atoms with Crippen LogP contribution in [0, 0.1) is 0 Å². The molecular formula is C66H44. The number of hydrogen-bond donors (Lipinski definition) is 0. The quantitative estimate of drug-likeness (QED) is 0.0772. The lowest BCUT2D eigenvalue weighted by molar-refractivity contribution is 1.57. The summed E-state index contributed by atoms with van der Waals surface area (Å²) < 4.78 is 0. The van der Waals surface area contributed by atoms with Crippen LogP contribution in [-0.4, -0.2) is 0 Å². The van der Waals surface area contributed by atoms with Crippen LogP contribution < -0.4 is 0 Å². The standard InChI is InChI=1S/C66H44/c1-3-18-43(4-2)49-37-52(46-23-12-7-13-24-46)42-54(41-49)63-56-25-14-16-27-58(56)66(59-28-17-15-26-57(59)63)62-36-32-48-30-34-60-55(33-29-47-31-35-61(62)65(48)64(47)60)53-39-50(44-19-8-5-9-20-44)38-51(40-53)45-21-10-6-11-22-45/h3-42H,1-2H2/b43-18+. The molecule has 0 spiro atoms. The van der Waals surface area contributed by atoms with Crippen molar-refractivity contribution in [1.82, 2.24) is 0 Å². The van der Waals surface area contributed by atoms with Gasteiger partial charge in [-0.25, -0.2) is 0 Å². The van der Waals surface area contributed by atoms with Gasteiger partial charge in [0.2, 0.25) is 0 Å². The molecule has 0 radical (unpaired) electrons. The topological polar surface area (TPSA) is 0 Å². The first-order chi connectivity index (χ1) is 32.6. The molecule has 0 saturated heterocycles. The van der Waals surface area contributed by atoms with Crippen LogP contribution in [0.3, 0.4) is 0 Å². The zero-order valence-electron chi connectivity index (χ0n) is 36.5. The monoisotopic (exact) mass is 836 g/mol. The van der Waals surface area contributed by atoms with E-state index in [2.05, 4.69) is 238 Å². The Labute approximate surface area is 385 Å². The van der Waals surface area contributed by atoms with Gasteiger partial charge in [0, 0.05) is 0 Å². The molecule has 66 heavy (non-hydrogen) atoms. The zero-order chi connectivity index (χ0) is 44.1. The number of benzene rings is 12. The van der Waals surface area contributed by atoms with Gasteiger partial charge in [0.15, 0.2) is 0 Å². The molecule has 12 aromatic rings. The van der Waals surface area contributed by atoms with Gasteiger partial charge in [-0.05, 0) is 168 Å². The van der Waals surface area contributed by atoms with Gasteiger partial charge in [-0.1, -0.05) is 219 Å². The summed E-state index contributed by atoms with van der Waals surface area (Å²) in [4.78, 5) is 0. The molecule has 0 nitrogen and oxygen atoms in total. The highest BCUT2D eigenvalue weighted by Crippen LogP contribution is 2.49. The zero-order valence-corrected chi connectivity index (χ0v) is 36.5. The first kappa shape index (κ1) is 39.0. The summed E-state index contributed by atoms with van der Waals surface area (Å²) in [6.07, 6.45) is 5.81. The second-order valence-corrected chi connectivity index (χ2v) is 17.2. The molecule has 12 aromatic carbocycles. The fourth-order valence-electron chi connectivity index (χ4n) is 10.5. The van der Waals surface area contributed by atoms with Gasteiger partial charge in [-0.15, -0.1) is 0 Å². The summed E-state index contributed by atoms with van der Waals surface area (Å²) in [6, 6.07) is 82.9. The van der Waals surface area contributed by atoms with Gasteiger partial charge in [0.05, 0.1) is 0 Å². The van der Waals surface area contributed by atoms with Gasteiger partial charge < -0.3 is 0 Å². The molecule has 0 N–H and O–H groups in total. The van der Waals surface area contributed by atoms with Gasteiger partial charge >= 0.3 is 0 Å². The van der Waals surface area contributed by atoms with E-state index in [1.807, 2.05) is 18.2 Å². The molecule has 0 atom stereocenters. The third-order valence-corrected chi connectivity index (χ3v) is 13.5. The van der Waals surface area contributed by atoms with Crippen LogP contribution in [0.1, 0.15) is 5.56 Å². The fraction of sp³-hybridized carbons (Fsp3) is 0. The van der Waals surface area contributed by atoms with Gasteiger partial charge in [0.1, 0.15) is 0 Å². The van der Waals surface area contributed by atoms with Crippen LogP contribution in [-0.2, 0) is 0 Å². The average Bonchev–Trinajstić information content (AvgIpc) is 3.39. The van der Waals surface area contributed by atoms with Gasteiger partial charge in [0.25, 0.3) is 0 Å². The number of rotatable bonds is 9. The van der Waals surface area contributed by atoms with Crippen LogP contribution in [0.15, 0.2) is 256 Å². The van der Waals surface area contributed by atoms with Crippen molar-refractivity contribution >= 4 is 59.4 Å². The van der Waals surface area contributed by atoms with Gasteiger partial charge in [-0.2, -0.15) is 0 Å². The van der Waals surface area contributed by atoms with E-state index in [1.54, 1.807) is 0 Å². The van der Waals surface area contributed by atoms with E-state index in [1.165, 1.54) is 109 Å². The van der Waals surface area contributed by atoms with Crippen molar-refractivity contribution in [2.24, 2.45) is 0 Å². The third-order valence-electron chi connectivity index (χ3n) is 13.5. The largest absolute Gasteiger partial charge is 0.0990 e. The highest BCUT2D eigenvalue weighted by Gasteiger charge is 2.22. The van der Waals surface area contributed by atoms with Crippen molar-refractivity contribution in [2.75, 3.05) is 0 Å². The van der Waals surface area contributed by atoms with Crippen LogP contribution >= 0.6 is 0 Å². The van der Waals surface area contributed by atoms with E-state index >= 15 is 0 Å². The molecule has 0 aromatic heterocycles. The SMILES string of the molecule is C=C/C=C(\C=C)c1cc(-c2ccccc2)cc(-c2c3ccccc3c(-c3ccc4ccc5c(-c6cc(-c7ccccc7)cc(-c7ccccc7)c6)ccc6ccc3c4c65)c3ccccc23)c1. The molecule has 0 fully saturated rings. The number of hydrogen-bond acceptors (Lipinski definition) is 0. The summed E-state index contributed by atoms with van der Waals surface area (Å²) >= 11 is 0. The molecule has 0 heteroatoms. The van der Waals surface area contributed by atoms with Crippen molar-refractivity contribution in [3.05, 3.63) is 261 Å². The second kappa shape index (κ2) is 16.2. The van der Waals surface area contributed by atoms with Crippen LogP contribution in [0.25, 0.3) is 126 Å². The van der Waals surface area contributed by atoms with E-state index in [9.17, 15) is 0 Å². The number of allylic oxidation sites excluding steroid dienone is 4. The Kier molecular flexibility index (Phi) is 9.58. The Balaban J connectivity index is 1.11. The van der Waals surface area contributed by atoms with Gasteiger partial charge in [-0.3, -0.25) is 0 Å². The molecule has 0 heterocycles. The molecule has 0 aliphatic heterocycles. The number of fused-ring (bicyclic) bond motifs is 2. The third kappa shape index (κ3) is 6.54. The molecule has 308 valence electrons. The minimum atomic E-state index is 1.03. The molecule has 0 aliphatic rings. The molecule has 0 unspecified atom stereocenters. The van der Waals surface area contributed by atoms with E-state index in [0.29, 0.717) is 0 Å². The van der Waals surface area contributed by atoms with Crippen LogP contribution in [0.4, 0.5) is 0 Å². The summed E-state index contributed by atoms with van der Waals surface area (Å²) in [5.74, 6) is 0. The first-order valence-corrected chi connectivity index (χ1v) is 22.7. The minimum absolute atomic E-state index is 1.03. The van der Waals surface area contributed by atoms with Crippen molar-refractivity contribution in [1.29, 1.82) is 0 Å². The summed E-state index contributed by atoms with van der Waals surface area (Å²) in [7, 11) is 0.